The fourth-order valence-electron chi connectivity index (χ4n) is 2.54. The maximum Gasteiger partial charge on any atom is 0.127 e. The highest BCUT2D eigenvalue weighted by molar-refractivity contribution is 7.19. The van der Waals surface area contributed by atoms with Crippen molar-refractivity contribution >= 4 is 21.4 Å². The van der Waals surface area contributed by atoms with Crippen molar-refractivity contribution in [2.45, 2.75) is 18.8 Å². The molecule has 3 heteroatoms. The van der Waals surface area contributed by atoms with Gasteiger partial charge in [-0.1, -0.05) is 6.07 Å². The fourth-order valence-corrected chi connectivity index (χ4v) is 3.79. The molecule has 0 bridgehead atoms. The van der Waals surface area contributed by atoms with E-state index in [2.05, 4.69) is 23.5 Å². The lowest BCUT2D eigenvalue weighted by Crippen LogP contribution is -2.26. The molecule has 0 radical (unpaired) electrons. The smallest absolute Gasteiger partial charge is 0.127 e. The second-order valence-electron chi connectivity index (χ2n) is 4.55. The topological polar surface area (TPSA) is 21.3 Å². The molecule has 1 saturated heterocycles. The highest BCUT2D eigenvalue weighted by Gasteiger charge is 2.18. The minimum absolute atomic E-state index is 0.735. The maximum atomic E-state index is 5.42. The van der Waals surface area contributed by atoms with Crippen molar-refractivity contribution in [3.8, 4) is 5.75 Å². The Balaban J connectivity index is 2.00. The van der Waals surface area contributed by atoms with Gasteiger partial charge in [0.2, 0.25) is 0 Å². The SMILES string of the molecule is COc1cccc2sc(C3CCNCC3)cc12. The summed E-state index contributed by atoms with van der Waals surface area (Å²) in [6.45, 7) is 2.30. The summed E-state index contributed by atoms with van der Waals surface area (Å²) < 4.78 is 6.77. The molecular formula is C14H17NOS. The number of thiophene rings is 1. The van der Waals surface area contributed by atoms with Gasteiger partial charge >= 0.3 is 0 Å². The fraction of sp³-hybridized carbons (Fsp3) is 0.429. The molecule has 1 aromatic heterocycles. The molecule has 0 spiro atoms. The van der Waals surface area contributed by atoms with E-state index in [1.54, 1.807) is 7.11 Å². The van der Waals surface area contributed by atoms with Crippen molar-refractivity contribution in [3.05, 3.63) is 29.1 Å². The highest BCUT2D eigenvalue weighted by Crippen LogP contribution is 2.38. The Hall–Kier alpha value is -1.06. The van der Waals surface area contributed by atoms with E-state index in [0.717, 1.165) is 24.8 Å². The van der Waals surface area contributed by atoms with Crippen LogP contribution in [0.3, 0.4) is 0 Å². The average molecular weight is 247 g/mol. The van der Waals surface area contributed by atoms with Crippen LogP contribution < -0.4 is 10.1 Å². The zero-order chi connectivity index (χ0) is 11.7. The number of hydrogen-bond donors (Lipinski definition) is 1. The van der Waals surface area contributed by atoms with Crippen molar-refractivity contribution in [2.75, 3.05) is 20.2 Å². The first kappa shape index (κ1) is 11.1. The lowest BCUT2D eigenvalue weighted by Gasteiger charge is -2.21. The van der Waals surface area contributed by atoms with Crippen molar-refractivity contribution < 1.29 is 4.74 Å². The van der Waals surface area contributed by atoms with Gasteiger partial charge < -0.3 is 10.1 Å². The van der Waals surface area contributed by atoms with Crippen LogP contribution in [0.2, 0.25) is 0 Å². The largest absolute Gasteiger partial charge is 0.496 e. The second-order valence-corrected chi connectivity index (χ2v) is 5.66. The summed E-state index contributed by atoms with van der Waals surface area (Å²) in [5, 5.41) is 4.69. The molecule has 2 nitrogen and oxygen atoms in total. The quantitative estimate of drug-likeness (QED) is 0.878. The number of hydrogen-bond acceptors (Lipinski definition) is 3. The van der Waals surface area contributed by atoms with Crippen molar-refractivity contribution in [1.82, 2.24) is 5.32 Å². The van der Waals surface area contributed by atoms with E-state index in [1.807, 2.05) is 17.4 Å². The first-order valence-electron chi connectivity index (χ1n) is 6.15. The van der Waals surface area contributed by atoms with Gasteiger partial charge in [-0.3, -0.25) is 0 Å². The number of methoxy groups -OCH3 is 1. The molecule has 1 aromatic carbocycles. The van der Waals surface area contributed by atoms with Gasteiger partial charge in [-0.2, -0.15) is 0 Å². The lowest BCUT2D eigenvalue weighted by molar-refractivity contribution is 0.420. The van der Waals surface area contributed by atoms with Crippen LogP contribution in [0.1, 0.15) is 23.6 Å². The molecule has 0 atom stereocenters. The molecule has 0 aliphatic carbocycles. The number of piperidine rings is 1. The normalized spacial score (nSPS) is 17.5. The van der Waals surface area contributed by atoms with Crippen LogP contribution in [0.4, 0.5) is 0 Å². The van der Waals surface area contributed by atoms with E-state index < -0.39 is 0 Å². The number of ether oxygens (including phenoxy) is 1. The van der Waals surface area contributed by atoms with Crippen LogP contribution in [0, 0.1) is 0 Å². The molecule has 0 saturated carbocycles. The third-order valence-electron chi connectivity index (χ3n) is 3.50. The first-order chi connectivity index (χ1) is 8.38. The Morgan fingerprint density at radius 3 is 2.88 bits per heavy atom. The molecule has 90 valence electrons. The van der Waals surface area contributed by atoms with E-state index in [4.69, 9.17) is 4.74 Å². The van der Waals surface area contributed by atoms with Gasteiger partial charge in [-0.15, -0.1) is 11.3 Å². The van der Waals surface area contributed by atoms with E-state index in [1.165, 1.54) is 27.8 Å². The summed E-state index contributed by atoms with van der Waals surface area (Å²) in [6, 6.07) is 8.63. The van der Waals surface area contributed by atoms with Crippen molar-refractivity contribution in [3.63, 3.8) is 0 Å². The number of rotatable bonds is 2. The molecule has 0 amide bonds. The highest BCUT2D eigenvalue weighted by atomic mass is 32.1. The van der Waals surface area contributed by atoms with Crippen molar-refractivity contribution in [2.24, 2.45) is 0 Å². The Morgan fingerprint density at radius 2 is 2.12 bits per heavy atom. The van der Waals surface area contributed by atoms with E-state index in [0.29, 0.717) is 0 Å². The Labute approximate surface area is 106 Å². The third kappa shape index (κ3) is 2.05. The van der Waals surface area contributed by atoms with Gasteiger partial charge in [-0.25, -0.2) is 0 Å². The summed E-state index contributed by atoms with van der Waals surface area (Å²) in [6.07, 6.45) is 2.52. The van der Waals surface area contributed by atoms with Crippen molar-refractivity contribution in [1.29, 1.82) is 0 Å². The summed E-state index contributed by atoms with van der Waals surface area (Å²) >= 11 is 1.93. The van der Waals surface area contributed by atoms with Gasteiger partial charge in [0.15, 0.2) is 0 Å². The Kier molecular flexibility index (Phi) is 3.04. The predicted octanol–water partition coefficient (Wildman–Crippen LogP) is 3.38. The van der Waals surface area contributed by atoms with Gasteiger partial charge in [0.1, 0.15) is 5.75 Å². The maximum absolute atomic E-state index is 5.42. The zero-order valence-electron chi connectivity index (χ0n) is 10.0. The molecule has 3 rings (SSSR count). The standard InChI is InChI=1S/C14H17NOS/c1-16-12-3-2-4-13-11(12)9-14(17-13)10-5-7-15-8-6-10/h2-4,9-10,15H,5-8H2,1H3. The number of nitrogens with one attached hydrogen (secondary N) is 1. The van der Waals surface area contributed by atoms with Crippen LogP contribution in [-0.2, 0) is 0 Å². The summed E-state index contributed by atoms with van der Waals surface area (Å²) in [5.41, 5.74) is 0. The summed E-state index contributed by atoms with van der Waals surface area (Å²) in [7, 11) is 1.75. The molecule has 1 fully saturated rings. The van der Waals surface area contributed by atoms with E-state index in [-0.39, 0.29) is 0 Å². The number of benzene rings is 1. The van der Waals surface area contributed by atoms with Crippen LogP contribution in [0.15, 0.2) is 24.3 Å². The minimum Gasteiger partial charge on any atom is -0.496 e. The zero-order valence-corrected chi connectivity index (χ0v) is 10.8. The third-order valence-corrected chi connectivity index (χ3v) is 4.76. The molecule has 17 heavy (non-hydrogen) atoms. The van der Waals surface area contributed by atoms with Gasteiger partial charge in [0.05, 0.1) is 7.11 Å². The summed E-state index contributed by atoms with van der Waals surface area (Å²) in [4.78, 5) is 1.52. The van der Waals surface area contributed by atoms with Crippen LogP contribution in [0.5, 0.6) is 5.75 Å². The monoisotopic (exact) mass is 247 g/mol. The molecule has 2 aromatic rings. The Bertz CT molecular complexity index is 514. The average Bonchev–Trinajstić information content (AvgIpc) is 2.83. The van der Waals surface area contributed by atoms with Crippen LogP contribution in [0.25, 0.3) is 10.1 Å². The Morgan fingerprint density at radius 1 is 1.29 bits per heavy atom. The predicted molar refractivity (Wildman–Crippen MR) is 73.2 cm³/mol. The molecular weight excluding hydrogens is 230 g/mol. The second kappa shape index (κ2) is 4.67. The summed E-state index contributed by atoms with van der Waals surface area (Å²) in [5.74, 6) is 1.73. The van der Waals surface area contributed by atoms with E-state index >= 15 is 0 Å². The molecule has 1 aliphatic heterocycles. The molecule has 1 aliphatic rings. The van der Waals surface area contributed by atoms with Crippen LogP contribution >= 0.6 is 11.3 Å². The van der Waals surface area contributed by atoms with Crippen LogP contribution in [-0.4, -0.2) is 20.2 Å². The number of fused-ring (bicyclic) bond motifs is 1. The molecule has 2 heterocycles. The lowest BCUT2D eigenvalue weighted by atomic mass is 9.96. The molecule has 0 unspecified atom stereocenters. The minimum atomic E-state index is 0.735. The van der Waals surface area contributed by atoms with E-state index in [9.17, 15) is 0 Å². The van der Waals surface area contributed by atoms with Gasteiger partial charge in [0, 0.05) is 15.0 Å². The van der Waals surface area contributed by atoms with Gasteiger partial charge in [0.25, 0.3) is 0 Å². The first-order valence-corrected chi connectivity index (χ1v) is 6.97. The molecule has 1 N–H and O–H groups in total. The van der Waals surface area contributed by atoms with Gasteiger partial charge in [-0.05, 0) is 50.0 Å².